The summed E-state index contributed by atoms with van der Waals surface area (Å²) >= 11 is 0. The van der Waals surface area contributed by atoms with E-state index in [2.05, 4.69) is 23.2 Å². The van der Waals surface area contributed by atoms with Crippen molar-refractivity contribution < 1.29 is 0 Å². The standard InChI is InChI=1S/C13H16N2/c1-10(14)6-8-12-9-7-11-4-2-3-5-13(11)15-12/h2-5,7,9-10H,6,8,14H2,1H3. The van der Waals surface area contributed by atoms with E-state index in [-0.39, 0.29) is 6.04 Å². The molecule has 2 N–H and O–H groups in total. The molecule has 2 rings (SSSR count). The lowest BCUT2D eigenvalue weighted by molar-refractivity contribution is 0.659. The molecule has 1 heterocycles. The highest BCUT2D eigenvalue weighted by atomic mass is 14.7. The van der Waals surface area contributed by atoms with E-state index in [1.807, 2.05) is 25.1 Å². The van der Waals surface area contributed by atoms with Crippen molar-refractivity contribution in [3.63, 3.8) is 0 Å². The quantitative estimate of drug-likeness (QED) is 0.826. The molecule has 0 bridgehead atoms. The minimum Gasteiger partial charge on any atom is -0.328 e. The molecule has 0 saturated heterocycles. The van der Waals surface area contributed by atoms with Gasteiger partial charge in [0.1, 0.15) is 0 Å². The lowest BCUT2D eigenvalue weighted by Crippen LogP contribution is -2.15. The van der Waals surface area contributed by atoms with Crippen LogP contribution in [0.2, 0.25) is 0 Å². The minimum absolute atomic E-state index is 0.248. The minimum atomic E-state index is 0.248. The van der Waals surface area contributed by atoms with Crippen LogP contribution >= 0.6 is 0 Å². The molecule has 0 fully saturated rings. The van der Waals surface area contributed by atoms with Crippen molar-refractivity contribution in [3.05, 3.63) is 42.1 Å². The molecule has 78 valence electrons. The molecule has 2 heteroatoms. The zero-order valence-corrected chi connectivity index (χ0v) is 8.98. The highest BCUT2D eigenvalue weighted by molar-refractivity contribution is 5.78. The largest absolute Gasteiger partial charge is 0.328 e. The van der Waals surface area contributed by atoms with Gasteiger partial charge >= 0.3 is 0 Å². The summed E-state index contributed by atoms with van der Waals surface area (Å²) in [6, 6.07) is 12.6. The van der Waals surface area contributed by atoms with Crippen molar-refractivity contribution in [2.75, 3.05) is 0 Å². The van der Waals surface area contributed by atoms with Crippen LogP contribution in [0.5, 0.6) is 0 Å². The summed E-state index contributed by atoms with van der Waals surface area (Å²) in [5, 5.41) is 1.20. The fourth-order valence-electron chi connectivity index (χ4n) is 1.62. The molecular weight excluding hydrogens is 184 g/mol. The first-order valence-electron chi connectivity index (χ1n) is 5.36. The third-order valence-electron chi connectivity index (χ3n) is 2.51. The second-order valence-electron chi connectivity index (χ2n) is 4.01. The topological polar surface area (TPSA) is 38.9 Å². The van der Waals surface area contributed by atoms with Crippen molar-refractivity contribution in [2.45, 2.75) is 25.8 Å². The van der Waals surface area contributed by atoms with Crippen LogP contribution in [-0.4, -0.2) is 11.0 Å². The third-order valence-corrected chi connectivity index (χ3v) is 2.51. The monoisotopic (exact) mass is 200 g/mol. The van der Waals surface area contributed by atoms with E-state index in [9.17, 15) is 0 Å². The Kier molecular flexibility index (Phi) is 2.97. The predicted octanol–water partition coefficient (Wildman–Crippen LogP) is 2.51. The Labute approximate surface area is 90.1 Å². The maximum absolute atomic E-state index is 5.73. The molecule has 15 heavy (non-hydrogen) atoms. The number of fused-ring (bicyclic) bond motifs is 1. The van der Waals surface area contributed by atoms with Gasteiger partial charge in [0.25, 0.3) is 0 Å². The second-order valence-corrected chi connectivity index (χ2v) is 4.01. The average molecular weight is 200 g/mol. The number of nitrogens with two attached hydrogens (primary N) is 1. The number of rotatable bonds is 3. The number of benzene rings is 1. The normalized spacial score (nSPS) is 12.9. The fraction of sp³-hybridized carbons (Fsp3) is 0.308. The molecule has 0 aliphatic heterocycles. The zero-order chi connectivity index (χ0) is 10.7. The second kappa shape index (κ2) is 4.41. The summed E-state index contributed by atoms with van der Waals surface area (Å²) in [5.41, 5.74) is 7.92. The molecule has 0 saturated carbocycles. The van der Waals surface area contributed by atoms with Crippen LogP contribution in [0.15, 0.2) is 36.4 Å². The van der Waals surface area contributed by atoms with Gasteiger partial charge in [0.05, 0.1) is 5.52 Å². The number of hydrogen-bond donors (Lipinski definition) is 1. The van der Waals surface area contributed by atoms with Gasteiger partial charge in [0.15, 0.2) is 0 Å². The predicted molar refractivity (Wildman–Crippen MR) is 63.7 cm³/mol. The number of para-hydroxylation sites is 1. The van der Waals surface area contributed by atoms with Crippen LogP contribution in [-0.2, 0) is 6.42 Å². The summed E-state index contributed by atoms with van der Waals surface area (Å²) in [6.07, 6.45) is 1.95. The zero-order valence-electron chi connectivity index (χ0n) is 8.98. The van der Waals surface area contributed by atoms with E-state index in [1.165, 1.54) is 5.39 Å². The molecule has 1 atom stereocenters. The maximum Gasteiger partial charge on any atom is 0.0705 e. The van der Waals surface area contributed by atoms with Gasteiger partial charge in [0.2, 0.25) is 0 Å². The van der Waals surface area contributed by atoms with Crippen molar-refractivity contribution >= 4 is 10.9 Å². The smallest absolute Gasteiger partial charge is 0.0705 e. The Morgan fingerprint density at radius 2 is 2.00 bits per heavy atom. The van der Waals surface area contributed by atoms with Crippen LogP contribution in [0, 0.1) is 0 Å². The van der Waals surface area contributed by atoms with Crippen molar-refractivity contribution in [1.82, 2.24) is 4.98 Å². The number of aryl methyl sites for hydroxylation is 1. The number of nitrogens with zero attached hydrogens (tertiary/aromatic N) is 1. The number of aromatic nitrogens is 1. The van der Waals surface area contributed by atoms with Crippen LogP contribution in [0.1, 0.15) is 19.0 Å². The fourth-order valence-corrected chi connectivity index (χ4v) is 1.62. The summed E-state index contributed by atoms with van der Waals surface area (Å²) in [7, 11) is 0. The number of hydrogen-bond acceptors (Lipinski definition) is 2. The van der Waals surface area contributed by atoms with Gasteiger partial charge in [-0.15, -0.1) is 0 Å². The van der Waals surface area contributed by atoms with Gasteiger partial charge in [-0.2, -0.15) is 0 Å². The molecular formula is C13H16N2. The molecule has 0 radical (unpaired) electrons. The van der Waals surface area contributed by atoms with E-state index in [1.54, 1.807) is 0 Å². The molecule has 2 nitrogen and oxygen atoms in total. The molecule has 0 spiro atoms. The van der Waals surface area contributed by atoms with E-state index < -0.39 is 0 Å². The molecule has 1 unspecified atom stereocenters. The molecule has 1 aromatic heterocycles. The highest BCUT2D eigenvalue weighted by Crippen LogP contribution is 2.12. The van der Waals surface area contributed by atoms with E-state index in [0.29, 0.717) is 0 Å². The van der Waals surface area contributed by atoms with E-state index in [4.69, 9.17) is 5.73 Å². The first-order valence-corrected chi connectivity index (χ1v) is 5.36. The van der Waals surface area contributed by atoms with Crippen molar-refractivity contribution in [2.24, 2.45) is 5.73 Å². The average Bonchev–Trinajstić information content (AvgIpc) is 2.26. The van der Waals surface area contributed by atoms with Crippen LogP contribution in [0.3, 0.4) is 0 Å². The summed E-state index contributed by atoms with van der Waals surface area (Å²) < 4.78 is 0. The van der Waals surface area contributed by atoms with Gasteiger partial charge in [0, 0.05) is 17.1 Å². The lowest BCUT2D eigenvalue weighted by atomic mass is 10.1. The van der Waals surface area contributed by atoms with Crippen molar-refractivity contribution in [3.8, 4) is 0 Å². The molecule has 0 amide bonds. The highest BCUT2D eigenvalue weighted by Gasteiger charge is 1.99. The number of pyridine rings is 1. The Morgan fingerprint density at radius 1 is 1.20 bits per heavy atom. The SMILES string of the molecule is CC(N)CCc1ccc2ccccc2n1. The van der Waals surface area contributed by atoms with Crippen molar-refractivity contribution in [1.29, 1.82) is 0 Å². The first-order chi connectivity index (χ1) is 7.25. The summed E-state index contributed by atoms with van der Waals surface area (Å²) in [4.78, 5) is 4.59. The van der Waals surface area contributed by atoms with Crippen LogP contribution < -0.4 is 5.73 Å². The van der Waals surface area contributed by atoms with E-state index >= 15 is 0 Å². The van der Waals surface area contributed by atoms with Gasteiger partial charge in [-0.25, -0.2) is 0 Å². The summed E-state index contributed by atoms with van der Waals surface area (Å²) in [5.74, 6) is 0. The van der Waals surface area contributed by atoms with Crippen LogP contribution in [0.4, 0.5) is 0 Å². The molecule has 1 aromatic carbocycles. The van der Waals surface area contributed by atoms with Gasteiger partial charge in [-0.3, -0.25) is 4.98 Å². The van der Waals surface area contributed by atoms with Crippen LogP contribution in [0.25, 0.3) is 10.9 Å². The maximum atomic E-state index is 5.73. The summed E-state index contributed by atoms with van der Waals surface area (Å²) in [6.45, 7) is 2.03. The first kappa shape index (κ1) is 10.1. The Morgan fingerprint density at radius 3 is 2.80 bits per heavy atom. The van der Waals surface area contributed by atoms with Gasteiger partial charge in [-0.05, 0) is 31.9 Å². The Bertz CT molecular complexity index is 449. The molecule has 0 aliphatic carbocycles. The van der Waals surface area contributed by atoms with Gasteiger partial charge in [-0.1, -0.05) is 24.3 Å². The Hall–Kier alpha value is -1.41. The Balaban J connectivity index is 2.23. The molecule has 0 aliphatic rings. The lowest BCUT2D eigenvalue weighted by Gasteiger charge is -2.05. The molecule has 2 aromatic rings. The van der Waals surface area contributed by atoms with E-state index in [0.717, 1.165) is 24.1 Å². The third kappa shape index (κ3) is 2.54. The van der Waals surface area contributed by atoms with Gasteiger partial charge < -0.3 is 5.73 Å².